The van der Waals surface area contributed by atoms with Crippen LogP contribution < -0.4 is 14.2 Å². The number of furan rings is 1. The molecule has 0 unspecified atom stereocenters. The van der Waals surface area contributed by atoms with Gasteiger partial charge in [0.25, 0.3) is 0 Å². The van der Waals surface area contributed by atoms with Crippen molar-refractivity contribution >= 4 is 22.0 Å². The van der Waals surface area contributed by atoms with E-state index in [-0.39, 0.29) is 11.5 Å². The number of rotatable bonds is 5. The summed E-state index contributed by atoms with van der Waals surface area (Å²) in [5.41, 5.74) is 0.742. The Bertz CT molecular complexity index is 1020. The Morgan fingerprint density at radius 3 is 2.41 bits per heavy atom. The molecule has 29 heavy (non-hydrogen) atoms. The number of ether oxygens (including phenoxy) is 4. The first-order chi connectivity index (χ1) is 14.0. The Morgan fingerprint density at radius 2 is 1.72 bits per heavy atom. The predicted octanol–water partition coefficient (Wildman–Crippen LogP) is 0.177. The van der Waals surface area contributed by atoms with Crippen LogP contribution in [0.25, 0.3) is 22.0 Å². The number of aromatic nitrogens is 1. The van der Waals surface area contributed by atoms with E-state index < -0.39 is 37.3 Å². The van der Waals surface area contributed by atoms with Crippen molar-refractivity contribution in [1.29, 1.82) is 0 Å². The van der Waals surface area contributed by atoms with Gasteiger partial charge >= 0.3 is 0 Å². The van der Waals surface area contributed by atoms with Crippen LogP contribution in [0.2, 0.25) is 0 Å². The molecule has 1 saturated heterocycles. The lowest BCUT2D eigenvalue weighted by Crippen LogP contribution is -2.60. The van der Waals surface area contributed by atoms with Crippen LogP contribution in [0, 0.1) is 0 Å². The van der Waals surface area contributed by atoms with Crippen LogP contribution in [0.5, 0.6) is 17.2 Å². The highest BCUT2D eigenvalue weighted by molar-refractivity contribution is 6.02. The third kappa shape index (κ3) is 3.15. The van der Waals surface area contributed by atoms with Crippen LogP contribution in [-0.2, 0) is 4.74 Å². The molecule has 0 radical (unpaired) electrons. The molecule has 4 N–H and O–H groups in total. The third-order valence-electron chi connectivity index (χ3n) is 4.94. The predicted molar refractivity (Wildman–Crippen MR) is 99.0 cm³/mol. The van der Waals surface area contributed by atoms with Crippen molar-refractivity contribution in [3.63, 3.8) is 0 Å². The summed E-state index contributed by atoms with van der Waals surface area (Å²) in [5.74, 6) is 0.956. The van der Waals surface area contributed by atoms with Gasteiger partial charge in [-0.15, -0.1) is 0 Å². The van der Waals surface area contributed by atoms with Crippen molar-refractivity contribution in [2.75, 3.05) is 20.8 Å². The molecule has 10 heteroatoms. The van der Waals surface area contributed by atoms with Crippen LogP contribution in [0.4, 0.5) is 0 Å². The number of benzene rings is 1. The van der Waals surface area contributed by atoms with Crippen LogP contribution in [0.1, 0.15) is 0 Å². The first kappa shape index (κ1) is 19.7. The highest BCUT2D eigenvalue weighted by atomic mass is 16.7. The van der Waals surface area contributed by atoms with E-state index in [9.17, 15) is 20.4 Å². The van der Waals surface area contributed by atoms with E-state index in [2.05, 4.69) is 4.98 Å². The van der Waals surface area contributed by atoms with Crippen molar-refractivity contribution in [3.8, 4) is 17.2 Å². The number of nitrogens with zero attached hydrogens (tertiary/aromatic N) is 1. The average molecular weight is 407 g/mol. The maximum atomic E-state index is 10.2. The Hall–Kier alpha value is -2.63. The standard InChI is InChI=1S/C19H21NO9/c1-25-16-8-3-4-10(17(26-2)12(8)20-18-9(16)5-6-27-18)28-19-15(24)14(23)13(22)11(7-21)29-19/h3-6,11,13-15,19,21-24H,7H2,1-2H3/t11-,13+,14+,15-,19+/m0/s1. The second-order valence-electron chi connectivity index (χ2n) is 6.59. The van der Waals surface area contributed by atoms with Gasteiger partial charge in [-0.25, -0.2) is 4.98 Å². The molecule has 1 aliphatic heterocycles. The molecular formula is C19H21NO9. The summed E-state index contributed by atoms with van der Waals surface area (Å²) in [4.78, 5) is 4.46. The molecule has 5 atom stereocenters. The van der Waals surface area contributed by atoms with E-state index in [1.807, 2.05) is 0 Å². The molecule has 1 aliphatic rings. The highest BCUT2D eigenvalue weighted by Gasteiger charge is 2.45. The zero-order chi connectivity index (χ0) is 20.7. The maximum Gasteiger partial charge on any atom is 0.230 e. The first-order valence-electron chi connectivity index (χ1n) is 8.89. The highest BCUT2D eigenvalue weighted by Crippen LogP contribution is 2.42. The summed E-state index contributed by atoms with van der Waals surface area (Å²) < 4.78 is 27.5. The van der Waals surface area contributed by atoms with Crippen LogP contribution in [-0.4, -0.2) is 76.9 Å². The Balaban J connectivity index is 1.77. The van der Waals surface area contributed by atoms with Crippen LogP contribution >= 0.6 is 0 Å². The zero-order valence-electron chi connectivity index (χ0n) is 15.7. The number of hydrogen-bond acceptors (Lipinski definition) is 10. The van der Waals surface area contributed by atoms with Gasteiger partial charge in [0.1, 0.15) is 35.7 Å². The number of aliphatic hydroxyl groups is 4. The smallest absolute Gasteiger partial charge is 0.230 e. The van der Waals surface area contributed by atoms with Crippen LogP contribution in [0.3, 0.4) is 0 Å². The first-order valence-corrected chi connectivity index (χ1v) is 8.89. The van der Waals surface area contributed by atoms with Crippen molar-refractivity contribution in [2.45, 2.75) is 30.7 Å². The lowest BCUT2D eigenvalue weighted by molar-refractivity contribution is -0.277. The molecule has 0 amide bonds. The molecule has 10 nitrogen and oxygen atoms in total. The monoisotopic (exact) mass is 407 g/mol. The zero-order valence-corrected chi connectivity index (χ0v) is 15.7. The number of aliphatic hydroxyl groups excluding tert-OH is 4. The topological polar surface area (TPSA) is 144 Å². The van der Waals surface area contributed by atoms with E-state index in [0.717, 1.165) is 0 Å². The van der Waals surface area contributed by atoms with Gasteiger partial charge in [0, 0.05) is 5.39 Å². The fourth-order valence-electron chi connectivity index (χ4n) is 3.45. The number of fused-ring (bicyclic) bond motifs is 2. The molecule has 156 valence electrons. The summed E-state index contributed by atoms with van der Waals surface area (Å²) in [6.07, 6.45) is -5.54. The molecule has 3 aromatic rings. The van der Waals surface area contributed by atoms with Crippen molar-refractivity contribution in [3.05, 3.63) is 24.5 Å². The van der Waals surface area contributed by atoms with E-state index in [4.69, 9.17) is 23.4 Å². The molecule has 0 saturated carbocycles. The Labute approximate surface area is 164 Å². The van der Waals surface area contributed by atoms with Gasteiger partial charge in [-0.1, -0.05) is 0 Å². The molecule has 1 aromatic carbocycles. The molecule has 2 aromatic heterocycles. The fourth-order valence-corrected chi connectivity index (χ4v) is 3.45. The summed E-state index contributed by atoms with van der Waals surface area (Å²) >= 11 is 0. The number of pyridine rings is 1. The quantitative estimate of drug-likeness (QED) is 0.462. The molecule has 0 aliphatic carbocycles. The fraction of sp³-hybridized carbons (Fsp3) is 0.421. The van der Waals surface area contributed by atoms with Gasteiger partial charge in [0.2, 0.25) is 12.0 Å². The van der Waals surface area contributed by atoms with Gasteiger partial charge in [0.05, 0.1) is 32.5 Å². The Morgan fingerprint density at radius 1 is 0.966 bits per heavy atom. The van der Waals surface area contributed by atoms with Gasteiger partial charge in [-0.3, -0.25) is 0 Å². The molecule has 0 spiro atoms. The molecule has 1 fully saturated rings. The minimum Gasteiger partial charge on any atom is -0.495 e. The van der Waals surface area contributed by atoms with Crippen molar-refractivity contribution < 1.29 is 43.8 Å². The van der Waals surface area contributed by atoms with Gasteiger partial charge in [-0.2, -0.15) is 0 Å². The number of methoxy groups -OCH3 is 2. The second-order valence-corrected chi connectivity index (χ2v) is 6.59. The SMILES string of the molecule is COc1c2ccoc2nc2c(OC)c(O[C@@H]3O[C@@H](CO)[C@@H](O)[C@@H](O)[C@@H]3O)ccc12. The third-order valence-corrected chi connectivity index (χ3v) is 4.94. The maximum absolute atomic E-state index is 10.2. The van der Waals surface area contributed by atoms with E-state index in [1.165, 1.54) is 20.5 Å². The minimum absolute atomic E-state index is 0.171. The van der Waals surface area contributed by atoms with Gasteiger partial charge in [-0.05, 0) is 18.2 Å². The summed E-state index contributed by atoms with van der Waals surface area (Å²) in [7, 11) is 2.96. The van der Waals surface area contributed by atoms with E-state index in [1.54, 1.807) is 18.2 Å². The molecule has 3 heterocycles. The molecule has 4 rings (SSSR count). The molecule has 0 bridgehead atoms. The second kappa shape index (κ2) is 7.65. The Kier molecular flexibility index (Phi) is 5.19. The van der Waals surface area contributed by atoms with Crippen LogP contribution in [0.15, 0.2) is 28.9 Å². The average Bonchev–Trinajstić information content (AvgIpc) is 3.20. The van der Waals surface area contributed by atoms with E-state index in [0.29, 0.717) is 27.8 Å². The summed E-state index contributed by atoms with van der Waals surface area (Å²) in [5, 5.41) is 40.8. The lowest BCUT2D eigenvalue weighted by atomic mass is 9.99. The van der Waals surface area contributed by atoms with Gasteiger partial charge < -0.3 is 43.8 Å². The largest absolute Gasteiger partial charge is 0.495 e. The summed E-state index contributed by atoms with van der Waals surface area (Å²) in [6.45, 7) is -0.561. The minimum atomic E-state index is -1.56. The number of hydrogen-bond donors (Lipinski definition) is 4. The lowest BCUT2D eigenvalue weighted by Gasteiger charge is -2.39. The van der Waals surface area contributed by atoms with Gasteiger partial charge in [0.15, 0.2) is 11.5 Å². The van der Waals surface area contributed by atoms with Crippen molar-refractivity contribution in [1.82, 2.24) is 4.98 Å². The summed E-state index contributed by atoms with van der Waals surface area (Å²) in [6, 6.07) is 5.03. The molecular weight excluding hydrogens is 386 g/mol. The van der Waals surface area contributed by atoms with Crippen molar-refractivity contribution in [2.24, 2.45) is 0 Å². The van der Waals surface area contributed by atoms with E-state index >= 15 is 0 Å². The normalized spacial score (nSPS) is 27.3.